The molecule has 0 atom stereocenters. The quantitative estimate of drug-likeness (QED) is 0.294. The van der Waals surface area contributed by atoms with Crippen LogP contribution in [0.1, 0.15) is 22.8 Å². The maximum atomic E-state index is 11.7. The van der Waals surface area contributed by atoms with Gasteiger partial charge >= 0.3 is 5.97 Å². The molecular weight excluding hydrogens is 423 g/mol. The van der Waals surface area contributed by atoms with Crippen LogP contribution in [0.15, 0.2) is 16.6 Å². The summed E-state index contributed by atoms with van der Waals surface area (Å²) in [5, 5.41) is 0. The van der Waals surface area contributed by atoms with E-state index < -0.39 is 0 Å². The van der Waals surface area contributed by atoms with Gasteiger partial charge in [-0.3, -0.25) is 0 Å². The lowest BCUT2D eigenvalue weighted by molar-refractivity contribution is -0.883. The van der Waals surface area contributed by atoms with Crippen LogP contribution >= 0.6 is 15.9 Å². The molecule has 0 aliphatic carbocycles. The molecule has 2 N–H and O–H groups in total. The van der Waals surface area contributed by atoms with Crippen LogP contribution in [0.2, 0.25) is 0 Å². The number of nitrogens with two attached hydrogens (primary N) is 1. The van der Waals surface area contributed by atoms with Gasteiger partial charge in [-0.1, -0.05) is 0 Å². The third kappa shape index (κ3) is 5.66. The van der Waals surface area contributed by atoms with E-state index >= 15 is 0 Å². The van der Waals surface area contributed by atoms with Crippen molar-refractivity contribution in [2.45, 2.75) is 13.5 Å². The lowest BCUT2D eigenvalue weighted by atomic mass is 10.1. The van der Waals surface area contributed by atoms with Crippen molar-refractivity contribution >= 4 is 27.6 Å². The zero-order valence-electron chi connectivity index (χ0n) is 11.7. The van der Waals surface area contributed by atoms with Crippen LogP contribution in [0.5, 0.6) is 0 Å². The van der Waals surface area contributed by atoms with E-state index in [1.54, 1.807) is 13.0 Å². The van der Waals surface area contributed by atoms with E-state index in [-0.39, 0.29) is 29.9 Å². The Morgan fingerprint density at radius 1 is 1.37 bits per heavy atom. The van der Waals surface area contributed by atoms with Gasteiger partial charge in [-0.2, -0.15) is 0 Å². The second-order valence-electron chi connectivity index (χ2n) is 5.20. The first-order valence-corrected chi connectivity index (χ1v) is 6.59. The SMILES string of the molecule is CCOC(=O)c1cc(Br)c(N)c(C[N+](C)(C)C)c1.[I-]. The van der Waals surface area contributed by atoms with E-state index in [1.165, 1.54) is 0 Å². The van der Waals surface area contributed by atoms with Crippen LogP contribution in [0, 0.1) is 0 Å². The molecule has 0 saturated heterocycles. The van der Waals surface area contributed by atoms with Crippen molar-refractivity contribution in [2.75, 3.05) is 33.5 Å². The number of carbonyl (C=O) groups excluding carboxylic acids is 1. The number of carbonyl (C=O) groups is 1. The first kappa shape index (κ1) is 18.7. The average Bonchev–Trinajstić information content (AvgIpc) is 2.22. The number of nitrogens with zero attached hydrogens (tertiary/aromatic N) is 1. The second-order valence-corrected chi connectivity index (χ2v) is 6.05. The maximum absolute atomic E-state index is 11.7. The highest BCUT2D eigenvalue weighted by Crippen LogP contribution is 2.27. The molecule has 4 nitrogen and oxygen atoms in total. The summed E-state index contributed by atoms with van der Waals surface area (Å²) in [5.74, 6) is -0.319. The zero-order chi connectivity index (χ0) is 13.9. The van der Waals surface area contributed by atoms with E-state index in [4.69, 9.17) is 10.5 Å². The van der Waals surface area contributed by atoms with Crippen molar-refractivity contribution < 1.29 is 38.0 Å². The molecule has 1 rings (SSSR count). The Hall–Kier alpha value is -0.340. The summed E-state index contributed by atoms with van der Waals surface area (Å²) < 4.78 is 6.47. The summed E-state index contributed by atoms with van der Waals surface area (Å²) in [5.41, 5.74) is 8.17. The highest BCUT2D eigenvalue weighted by atomic mass is 127. The van der Waals surface area contributed by atoms with Gasteiger partial charge in [-0.05, 0) is 35.0 Å². The Labute approximate surface area is 140 Å². The van der Waals surface area contributed by atoms with Crippen LogP contribution in [-0.2, 0) is 11.3 Å². The Kier molecular flexibility index (Phi) is 7.31. The van der Waals surface area contributed by atoms with Crippen molar-refractivity contribution in [2.24, 2.45) is 0 Å². The van der Waals surface area contributed by atoms with Gasteiger partial charge in [0.2, 0.25) is 0 Å². The van der Waals surface area contributed by atoms with Gasteiger partial charge in [0.25, 0.3) is 0 Å². The first-order chi connectivity index (χ1) is 8.24. The highest BCUT2D eigenvalue weighted by Gasteiger charge is 2.17. The van der Waals surface area contributed by atoms with Crippen molar-refractivity contribution in [1.29, 1.82) is 0 Å². The van der Waals surface area contributed by atoms with Crippen LogP contribution in [0.4, 0.5) is 5.69 Å². The Morgan fingerprint density at radius 3 is 2.42 bits per heavy atom. The largest absolute Gasteiger partial charge is 1.00 e. The first-order valence-electron chi connectivity index (χ1n) is 5.80. The van der Waals surface area contributed by atoms with E-state index in [1.807, 2.05) is 6.07 Å². The third-order valence-corrected chi connectivity index (χ3v) is 3.03. The van der Waals surface area contributed by atoms with Gasteiger partial charge in [-0.15, -0.1) is 0 Å². The fourth-order valence-corrected chi connectivity index (χ4v) is 2.15. The zero-order valence-corrected chi connectivity index (χ0v) is 15.4. The van der Waals surface area contributed by atoms with Crippen LogP contribution in [-0.4, -0.2) is 38.2 Å². The topological polar surface area (TPSA) is 52.3 Å². The molecule has 1 aromatic carbocycles. The molecule has 1 aromatic rings. The number of esters is 1. The number of anilines is 1. The minimum atomic E-state index is -0.319. The summed E-state index contributed by atoms with van der Waals surface area (Å²) in [7, 11) is 6.22. The van der Waals surface area contributed by atoms with Gasteiger partial charge in [0.05, 0.1) is 39.0 Å². The molecule has 0 amide bonds. The second kappa shape index (κ2) is 7.44. The molecule has 0 fully saturated rings. The standard InChI is InChI=1S/C13H19BrN2O2.HI/c1-5-18-13(17)9-6-10(8-16(2,3)4)12(15)11(14)7-9;/h6-7H,5,8H2,1-4H3,(H-,15,17);1H. The molecule has 0 spiro atoms. The number of hydrogen-bond acceptors (Lipinski definition) is 3. The van der Waals surface area contributed by atoms with Gasteiger partial charge < -0.3 is 38.9 Å². The normalized spacial score (nSPS) is 10.8. The number of benzene rings is 1. The van der Waals surface area contributed by atoms with Gasteiger partial charge in [0.15, 0.2) is 0 Å². The van der Waals surface area contributed by atoms with Crippen molar-refractivity contribution in [1.82, 2.24) is 0 Å². The van der Waals surface area contributed by atoms with Crippen molar-refractivity contribution in [3.05, 3.63) is 27.7 Å². The molecular formula is C13H20BrIN2O2. The Balaban J connectivity index is 0.00000324. The van der Waals surface area contributed by atoms with E-state index in [2.05, 4.69) is 37.1 Å². The number of quaternary nitrogens is 1. The van der Waals surface area contributed by atoms with Crippen LogP contribution in [0.25, 0.3) is 0 Å². The molecule has 19 heavy (non-hydrogen) atoms. The minimum Gasteiger partial charge on any atom is -1.00 e. The molecule has 6 heteroatoms. The third-order valence-electron chi connectivity index (χ3n) is 2.37. The molecule has 0 saturated carbocycles. The molecule has 0 aliphatic heterocycles. The minimum absolute atomic E-state index is 0. The summed E-state index contributed by atoms with van der Waals surface area (Å²) >= 11 is 3.38. The lowest BCUT2D eigenvalue weighted by Gasteiger charge is -2.25. The van der Waals surface area contributed by atoms with Gasteiger partial charge in [0.1, 0.15) is 6.54 Å². The monoisotopic (exact) mass is 442 g/mol. The van der Waals surface area contributed by atoms with Gasteiger partial charge in [-0.25, -0.2) is 4.79 Å². The number of ether oxygens (including phenoxy) is 1. The summed E-state index contributed by atoms with van der Waals surface area (Å²) in [6.45, 7) is 2.90. The highest BCUT2D eigenvalue weighted by molar-refractivity contribution is 9.10. The predicted molar refractivity (Wildman–Crippen MR) is 76.2 cm³/mol. The molecule has 0 radical (unpaired) electrons. The molecule has 0 aromatic heterocycles. The van der Waals surface area contributed by atoms with E-state index in [0.717, 1.165) is 21.1 Å². The molecule has 0 unspecified atom stereocenters. The molecule has 108 valence electrons. The number of halogens is 2. The summed E-state index contributed by atoms with van der Waals surface area (Å²) in [6.07, 6.45) is 0. The molecule has 0 heterocycles. The van der Waals surface area contributed by atoms with Crippen molar-refractivity contribution in [3.8, 4) is 0 Å². The van der Waals surface area contributed by atoms with E-state index in [9.17, 15) is 4.79 Å². The number of rotatable bonds is 4. The van der Waals surface area contributed by atoms with E-state index in [0.29, 0.717) is 17.9 Å². The van der Waals surface area contributed by atoms with Gasteiger partial charge in [0, 0.05) is 10.0 Å². The smallest absolute Gasteiger partial charge is 0.338 e. The lowest BCUT2D eigenvalue weighted by Crippen LogP contribution is -3.00. The summed E-state index contributed by atoms with van der Waals surface area (Å²) in [4.78, 5) is 11.7. The predicted octanol–water partition coefficient (Wildman–Crippen LogP) is -0.582. The maximum Gasteiger partial charge on any atom is 0.338 e. The summed E-state index contributed by atoms with van der Waals surface area (Å²) in [6, 6.07) is 3.51. The number of hydrogen-bond donors (Lipinski definition) is 1. The molecule has 0 bridgehead atoms. The Morgan fingerprint density at radius 2 is 1.95 bits per heavy atom. The fourth-order valence-electron chi connectivity index (χ4n) is 1.65. The number of nitrogen functional groups attached to an aromatic ring is 1. The van der Waals surface area contributed by atoms with Crippen molar-refractivity contribution in [3.63, 3.8) is 0 Å². The van der Waals surface area contributed by atoms with Crippen LogP contribution in [0.3, 0.4) is 0 Å². The molecule has 0 aliphatic rings. The Bertz CT molecular complexity index is 459. The average molecular weight is 443 g/mol. The van der Waals surface area contributed by atoms with Crippen LogP contribution < -0.4 is 29.7 Å². The fraction of sp³-hybridized carbons (Fsp3) is 0.462.